The van der Waals surface area contributed by atoms with Crippen LogP contribution in [0.5, 0.6) is 0 Å². The number of nitrogens with zero attached hydrogens (tertiary/aromatic N) is 1. The molecule has 0 spiro atoms. The van der Waals surface area contributed by atoms with Gasteiger partial charge in [0.25, 0.3) is 0 Å². The highest BCUT2D eigenvalue weighted by Crippen LogP contribution is 2.46. The summed E-state index contributed by atoms with van der Waals surface area (Å²) in [5.41, 5.74) is 0. The van der Waals surface area contributed by atoms with E-state index in [2.05, 4.69) is 11.9 Å². The number of hydrogen-bond acceptors (Lipinski definition) is 4. The first kappa shape index (κ1) is 16.6. The summed E-state index contributed by atoms with van der Waals surface area (Å²) < 4.78 is 43.0. The lowest BCUT2D eigenvalue weighted by molar-refractivity contribution is -0.137. The van der Waals surface area contributed by atoms with E-state index in [9.17, 15) is 18.0 Å². The Labute approximate surface area is 108 Å². The van der Waals surface area contributed by atoms with Crippen molar-refractivity contribution in [1.29, 1.82) is 0 Å². The molecular weight excluding hydrogens is 277 g/mol. The van der Waals surface area contributed by atoms with Gasteiger partial charge in [-0.05, 0) is 13.1 Å². The minimum Gasteiger partial charge on any atom is -0.332 e. The first-order valence-electron chi connectivity index (χ1n) is 4.49. The Morgan fingerprint density at radius 1 is 1.65 bits per heavy atom. The Morgan fingerprint density at radius 3 is 2.65 bits per heavy atom. The summed E-state index contributed by atoms with van der Waals surface area (Å²) in [5.74, 6) is -0.732. The molecule has 100 valence electrons. The van der Waals surface area contributed by atoms with Gasteiger partial charge >= 0.3 is 6.18 Å². The summed E-state index contributed by atoms with van der Waals surface area (Å²) >= 11 is 0.558. The largest absolute Gasteiger partial charge is 0.407 e. The molecule has 1 aliphatic heterocycles. The van der Waals surface area contributed by atoms with Crippen molar-refractivity contribution in [3.8, 4) is 0 Å². The lowest BCUT2D eigenvalue weighted by atomic mass is 10.3. The van der Waals surface area contributed by atoms with Gasteiger partial charge in [-0.15, -0.1) is 0 Å². The minimum absolute atomic E-state index is 0. The van der Waals surface area contributed by atoms with E-state index in [1.54, 1.807) is 6.92 Å². The van der Waals surface area contributed by atoms with Gasteiger partial charge in [0.15, 0.2) is 0 Å². The van der Waals surface area contributed by atoms with E-state index in [4.69, 9.17) is 4.18 Å². The zero-order chi connectivity index (χ0) is 12.3. The molecule has 0 aromatic heterocycles. The molecule has 1 fully saturated rings. The number of nitrogens with one attached hydrogen (secondary N) is 1. The average molecular weight is 290 g/mol. The molecule has 4 nitrogen and oxygen atoms in total. The van der Waals surface area contributed by atoms with E-state index in [1.165, 1.54) is 0 Å². The molecule has 0 aromatic carbocycles. The summed E-state index contributed by atoms with van der Waals surface area (Å²) in [4.78, 5) is 11.2. The van der Waals surface area contributed by atoms with Gasteiger partial charge in [-0.1, -0.05) is 6.58 Å². The third kappa shape index (κ3) is 4.09. The molecule has 9 heteroatoms. The summed E-state index contributed by atoms with van der Waals surface area (Å²) in [7, 11) is 0. The highest BCUT2D eigenvalue weighted by atomic mass is 32.2. The normalized spacial score (nSPS) is 26.9. The van der Waals surface area contributed by atoms with Gasteiger partial charge in [-0.25, -0.2) is 0 Å². The van der Waals surface area contributed by atoms with Crippen LogP contribution in [0.4, 0.5) is 13.2 Å². The summed E-state index contributed by atoms with van der Waals surface area (Å²) in [6.07, 6.45) is -3.38. The fourth-order valence-electron chi connectivity index (χ4n) is 1.19. The van der Waals surface area contributed by atoms with Crippen molar-refractivity contribution in [3.63, 3.8) is 0 Å². The molecule has 1 heterocycles. The fraction of sp³-hybridized carbons (Fsp3) is 0.625. The van der Waals surface area contributed by atoms with E-state index in [-0.39, 0.29) is 20.1 Å². The van der Waals surface area contributed by atoms with Crippen molar-refractivity contribution >= 4 is 31.6 Å². The van der Waals surface area contributed by atoms with Crippen molar-refractivity contribution in [2.45, 2.75) is 25.2 Å². The highest BCUT2D eigenvalue weighted by molar-refractivity contribution is 7.92. The average Bonchev–Trinajstić information content (AvgIpc) is 2.88. The fourth-order valence-corrected chi connectivity index (χ4v) is 1.99. The van der Waals surface area contributed by atoms with E-state index >= 15 is 0 Å². The van der Waals surface area contributed by atoms with Gasteiger partial charge in [0, 0.05) is 0 Å². The lowest BCUT2D eigenvalue weighted by Gasteiger charge is -2.03. The zero-order valence-corrected chi connectivity index (χ0v) is 10.8. The van der Waals surface area contributed by atoms with Gasteiger partial charge in [0.2, 0.25) is 5.91 Å². The van der Waals surface area contributed by atoms with Gasteiger partial charge in [-0.3, -0.25) is 4.79 Å². The summed E-state index contributed by atoms with van der Waals surface area (Å²) in [6, 6.07) is -3.03. The number of alkyl halides is 3. The quantitative estimate of drug-likeness (QED) is 0.474. The molecule has 1 N–H and O–H groups in total. The van der Waals surface area contributed by atoms with E-state index < -0.39 is 24.2 Å². The Kier molecular flexibility index (Phi) is 6.38. The molecule has 1 rings (SSSR count). The van der Waals surface area contributed by atoms with Crippen LogP contribution in [-0.2, 0) is 8.98 Å². The molecular formula is C8H13F3N2O2S2. The van der Waals surface area contributed by atoms with Crippen LogP contribution in [-0.4, -0.2) is 35.1 Å². The molecule has 0 radical (unpaired) electrons. The van der Waals surface area contributed by atoms with Crippen LogP contribution in [0.2, 0.25) is 0 Å². The number of halogens is 3. The van der Waals surface area contributed by atoms with Crippen LogP contribution in [0.3, 0.4) is 0 Å². The molecule has 17 heavy (non-hydrogen) atoms. The van der Waals surface area contributed by atoms with Crippen molar-refractivity contribution in [3.05, 3.63) is 12.8 Å². The highest BCUT2D eigenvalue weighted by Gasteiger charge is 2.67. The molecule has 1 saturated heterocycles. The Hall–Kier alpha value is -0.380. The number of amides is 1. The van der Waals surface area contributed by atoms with Crippen molar-refractivity contribution in [2.24, 2.45) is 0 Å². The van der Waals surface area contributed by atoms with E-state index in [0.717, 1.165) is 10.5 Å². The second-order valence-electron chi connectivity index (χ2n) is 2.98. The maximum Gasteiger partial charge on any atom is 0.407 e. The number of rotatable bonds is 5. The third-order valence-corrected chi connectivity index (χ3v) is 2.83. The van der Waals surface area contributed by atoms with Crippen molar-refractivity contribution in [2.75, 3.05) is 6.61 Å². The van der Waals surface area contributed by atoms with Crippen molar-refractivity contribution < 1.29 is 22.1 Å². The second kappa shape index (κ2) is 6.53. The van der Waals surface area contributed by atoms with Gasteiger partial charge < -0.3 is 9.50 Å². The predicted octanol–water partition coefficient (Wildman–Crippen LogP) is 1.57. The maximum absolute atomic E-state index is 12.5. The predicted molar refractivity (Wildman–Crippen MR) is 63.4 cm³/mol. The Morgan fingerprint density at radius 2 is 2.24 bits per heavy atom. The molecule has 1 amide bonds. The smallest absolute Gasteiger partial charge is 0.332 e. The van der Waals surface area contributed by atoms with Gasteiger partial charge in [0.05, 0.1) is 18.8 Å². The Bertz CT molecular complexity index is 288. The van der Waals surface area contributed by atoms with Crippen LogP contribution >= 0.6 is 25.7 Å². The molecule has 0 saturated carbocycles. The van der Waals surface area contributed by atoms with Crippen LogP contribution < -0.4 is 5.32 Å². The number of hydrogen-bond donors (Lipinski definition) is 1. The SMILES string of the molecule is C=CNC(=O)C1C(C(F)(F)F)N1SOCC.S. The van der Waals surface area contributed by atoms with Gasteiger partial charge in [-0.2, -0.15) is 31.0 Å². The molecule has 0 bridgehead atoms. The topological polar surface area (TPSA) is 41.3 Å². The number of carbonyl (C=O) groups excluding carboxylic acids is 1. The van der Waals surface area contributed by atoms with Crippen LogP contribution in [0.15, 0.2) is 12.8 Å². The van der Waals surface area contributed by atoms with E-state index in [1.807, 2.05) is 0 Å². The first-order valence-corrected chi connectivity index (χ1v) is 5.19. The van der Waals surface area contributed by atoms with Gasteiger partial charge in [0.1, 0.15) is 12.1 Å². The molecule has 0 aliphatic carbocycles. The molecule has 3 atom stereocenters. The third-order valence-electron chi connectivity index (χ3n) is 1.86. The maximum atomic E-state index is 12.5. The standard InChI is InChI=1S/C8H11F3N2O2S.H2S/c1-3-12-7(14)5-6(8(9,10)11)13(5)16-15-4-2;/h3,5-6H,1,4H2,2H3,(H,12,14);1H2. The van der Waals surface area contributed by atoms with Crippen LogP contribution in [0.25, 0.3) is 0 Å². The number of carbonyl (C=O) groups is 1. The molecule has 0 aromatic rings. The van der Waals surface area contributed by atoms with E-state index in [0.29, 0.717) is 12.2 Å². The van der Waals surface area contributed by atoms with Crippen LogP contribution in [0.1, 0.15) is 6.92 Å². The zero-order valence-electron chi connectivity index (χ0n) is 8.95. The first-order chi connectivity index (χ1) is 7.43. The van der Waals surface area contributed by atoms with Crippen molar-refractivity contribution in [1.82, 2.24) is 9.62 Å². The summed E-state index contributed by atoms with van der Waals surface area (Å²) in [6.45, 7) is 5.13. The second-order valence-corrected chi connectivity index (χ2v) is 3.79. The van der Waals surface area contributed by atoms with Crippen LogP contribution in [0, 0.1) is 0 Å². The lowest BCUT2D eigenvalue weighted by Crippen LogP contribution is -2.28. The Balaban J connectivity index is 0.00000256. The monoisotopic (exact) mass is 290 g/mol. The molecule has 1 aliphatic rings. The minimum atomic E-state index is -4.44. The summed E-state index contributed by atoms with van der Waals surface area (Å²) in [5, 5.41) is 2.13. The molecule has 3 unspecified atom stereocenters.